The highest BCUT2D eigenvalue weighted by atomic mass is 32.3. The third-order valence-electron chi connectivity index (χ3n) is 20.8. The average Bonchev–Trinajstić information content (AvgIpc) is 0.780. The molecule has 714 valence electrons. The van der Waals surface area contributed by atoms with Gasteiger partial charge in [-0.25, -0.2) is 8.37 Å². The van der Waals surface area contributed by atoms with Gasteiger partial charge in [-0.15, -0.1) is 0 Å². The number of nitrogens with one attached hydrogen (secondary N) is 5. The Morgan fingerprint density at radius 3 is 1.03 bits per heavy atom. The van der Waals surface area contributed by atoms with Crippen molar-refractivity contribution in [2.45, 2.75) is 304 Å². The van der Waals surface area contributed by atoms with Gasteiger partial charge < -0.3 is 220 Å². The molecule has 0 saturated carbocycles. The number of aliphatic hydroxyl groups excluding tert-OH is 23. The summed E-state index contributed by atoms with van der Waals surface area (Å²) in [5, 5.41) is 269. The Bertz CT molecular complexity index is 3600. The van der Waals surface area contributed by atoms with Crippen molar-refractivity contribution in [1.82, 2.24) is 26.6 Å². The Labute approximate surface area is 696 Å². The molecule has 0 spiro atoms. The van der Waals surface area contributed by atoms with Gasteiger partial charge in [-0.05, 0) is 0 Å². The summed E-state index contributed by atoms with van der Waals surface area (Å²) in [5.41, 5.74) is 0. The smallest absolute Gasteiger partial charge is 0.394 e. The highest BCUT2D eigenvalue weighted by Gasteiger charge is 2.60. The van der Waals surface area contributed by atoms with Crippen LogP contribution in [0.4, 0.5) is 0 Å². The molecule has 0 radical (unpaired) electrons. The topological polar surface area (TPSA) is 886 Å². The van der Waals surface area contributed by atoms with Gasteiger partial charge in [-0.2, -0.15) is 16.8 Å². The molecule has 0 aromatic carbocycles. The van der Waals surface area contributed by atoms with Gasteiger partial charge in [0.15, 0.2) is 50.3 Å². The van der Waals surface area contributed by atoms with Gasteiger partial charge in [0, 0.05) is 34.6 Å². The quantitative estimate of drug-likeness (QED) is 0.0255. The molecular weight excluding hydrogens is 1730 g/mol. The molecule has 44 atom stereocenters. The molecule has 8 fully saturated rings. The number of ether oxygens (including phenoxy) is 16. The largest absolute Gasteiger partial charge is 0.397 e. The maximum atomic E-state index is 13.5. The maximum Gasteiger partial charge on any atom is 0.397 e. The Kier molecular flexibility index (Phi) is 38.3. The average molecular weight is 1840 g/mol. The van der Waals surface area contributed by atoms with Crippen molar-refractivity contribution in [3.05, 3.63) is 0 Å². The first-order valence-corrected chi connectivity index (χ1v) is 40.6. The summed E-state index contributed by atoms with van der Waals surface area (Å²) in [6.07, 6.45) is -85.2. The first kappa shape index (κ1) is 104. The van der Waals surface area contributed by atoms with E-state index >= 15 is 0 Å². The lowest BCUT2D eigenvalue weighted by Crippen LogP contribution is -2.71. The van der Waals surface area contributed by atoms with Gasteiger partial charge in [-0.3, -0.25) is 33.1 Å². The van der Waals surface area contributed by atoms with Crippen molar-refractivity contribution >= 4 is 50.3 Å². The van der Waals surface area contributed by atoms with Crippen LogP contribution >= 0.6 is 0 Å². The lowest BCUT2D eigenvalue weighted by atomic mass is 9.93. The predicted octanol–water partition coefficient (Wildman–Crippen LogP) is -20.6. The molecule has 8 heterocycles. The van der Waals surface area contributed by atoms with Crippen molar-refractivity contribution in [3.63, 3.8) is 0 Å². The maximum absolute atomic E-state index is 13.5. The zero-order valence-corrected chi connectivity index (χ0v) is 67.1. The molecule has 5 amide bonds. The normalized spacial score (nSPS) is 43.1. The summed E-state index contributed by atoms with van der Waals surface area (Å²) < 4.78 is 166. The minimum atomic E-state index is -5.27. The molecule has 8 aliphatic heterocycles. The van der Waals surface area contributed by atoms with Crippen LogP contribution in [0.3, 0.4) is 0 Å². The number of carbonyl (C=O) groups excluding carboxylic acids is 5. The molecule has 30 N–H and O–H groups in total. The molecule has 8 saturated heterocycles. The molecule has 0 unspecified atom stereocenters. The minimum Gasteiger partial charge on any atom is -0.394 e. The highest BCUT2D eigenvalue weighted by Crippen LogP contribution is 2.39. The predicted molar refractivity (Wildman–Crippen MR) is 378 cm³/mol. The zero-order valence-electron chi connectivity index (χ0n) is 65.5. The third kappa shape index (κ3) is 26.0. The number of amides is 5. The Hall–Kier alpha value is -4.47. The van der Waals surface area contributed by atoms with E-state index in [4.69, 9.17) is 80.3 Å². The van der Waals surface area contributed by atoms with Gasteiger partial charge >= 0.3 is 20.8 Å². The first-order valence-electron chi connectivity index (χ1n) is 37.8. The molecule has 0 bridgehead atoms. The first-order chi connectivity index (χ1) is 57.6. The molecule has 123 heavy (non-hydrogen) atoms. The van der Waals surface area contributed by atoms with Crippen molar-refractivity contribution in [2.75, 3.05) is 66.1 Å². The number of rotatable bonds is 38. The Morgan fingerprint density at radius 1 is 0.325 bits per heavy atom. The van der Waals surface area contributed by atoms with E-state index in [0.29, 0.717) is 0 Å². The highest BCUT2D eigenvalue weighted by molar-refractivity contribution is 7.81. The van der Waals surface area contributed by atoms with Crippen molar-refractivity contribution in [2.24, 2.45) is 0 Å². The standard InChI is InChI=1S/C64H109N5O52S2/c1-16(76)65-21(6-70)51(35(82)22(81)12-104-57-31(66-17(2)77)42(89)52(26(10-74)111-57)117-62-48(95)45(92)37(84)29(114-62)14-106-122(98,99)100)116-60-34(69-20(5)80)55(40(87)25(9-73)109-60)120-64-50(97)56(121-59-32(67-18(3)78)43(90)53(27(11-75)112-59)118-63-49(96)46(93)38(85)30(115-63)15-107-123(101,102)103)41(88)28(113-64)13-105-58-33(68-19(4)79)54(39(86)24(8-72)108-58)119-61-47(94)44(91)36(83)23(7-71)110-61/h21-64,70-75,81-97H,6-15H2,1-5H3,(H,65,76)(H,66,77)(H,67,78)(H,68,79)(H,69,80)(H,98,99,100)(H,101,102,103)/t21-,22+,23+,24+,25+,26+,27+,28+,29+,30+,31+,32+,33+,34+,35-,36-,37-,38-,39+,40+,41-,42+,43+,44-,45-,46-,47+,48+,49+,50+,51+,52+,53+,54+,55+,56-,57+,58+,59-,60-,61-,62-,63-,64-/m0/s1. The van der Waals surface area contributed by atoms with Crippen LogP contribution < -0.4 is 26.6 Å². The summed E-state index contributed by atoms with van der Waals surface area (Å²) in [6.45, 7) is -7.56. The molecule has 59 heteroatoms. The Balaban J connectivity index is 1.13. The Morgan fingerprint density at radius 2 is 0.634 bits per heavy atom. The minimum absolute atomic E-state index is 0.844. The van der Waals surface area contributed by atoms with E-state index in [1.165, 1.54) is 0 Å². The van der Waals surface area contributed by atoms with E-state index in [2.05, 4.69) is 35.0 Å². The van der Waals surface area contributed by atoms with Gasteiger partial charge in [0.05, 0.1) is 72.1 Å². The van der Waals surface area contributed by atoms with E-state index in [1.807, 2.05) is 0 Å². The number of hydrogen-bond acceptors (Lipinski definition) is 50. The molecular formula is C64H109N5O52S2. The van der Waals surface area contributed by atoms with Crippen molar-refractivity contribution < 1.29 is 252 Å². The van der Waals surface area contributed by atoms with Gasteiger partial charge in [-0.1, -0.05) is 0 Å². The van der Waals surface area contributed by atoms with Crippen LogP contribution in [0.5, 0.6) is 0 Å². The fourth-order valence-electron chi connectivity index (χ4n) is 14.7. The summed E-state index contributed by atoms with van der Waals surface area (Å²) in [7, 11) is -10.5. The van der Waals surface area contributed by atoms with Gasteiger partial charge in [0.25, 0.3) is 0 Å². The fraction of sp³-hybridized carbons (Fsp3) is 0.922. The summed E-state index contributed by atoms with van der Waals surface area (Å²) in [4.78, 5) is 65.2. The number of hydrogen-bond donors (Lipinski definition) is 30. The van der Waals surface area contributed by atoms with Gasteiger partial charge in [0.2, 0.25) is 29.5 Å². The van der Waals surface area contributed by atoms with Crippen LogP contribution in [0.25, 0.3) is 0 Å². The van der Waals surface area contributed by atoms with E-state index in [9.17, 15) is 163 Å². The van der Waals surface area contributed by atoms with Crippen molar-refractivity contribution in [3.8, 4) is 0 Å². The number of carbonyl (C=O) groups is 5. The van der Waals surface area contributed by atoms with Crippen LogP contribution in [0, 0.1) is 0 Å². The second-order valence-electron chi connectivity index (χ2n) is 29.8. The lowest BCUT2D eigenvalue weighted by molar-refractivity contribution is -0.381. The van der Waals surface area contributed by atoms with Crippen LogP contribution in [0.1, 0.15) is 34.6 Å². The van der Waals surface area contributed by atoms with E-state index in [-0.39, 0.29) is 0 Å². The van der Waals surface area contributed by atoms with Crippen molar-refractivity contribution in [1.29, 1.82) is 0 Å². The van der Waals surface area contributed by atoms with E-state index in [1.54, 1.807) is 0 Å². The zero-order chi connectivity index (χ0) is 91.6. The summed E-state index contributed by atoms with van der Waals surface area (Å²) >= 11 is 0. The second-order valence-corrected chi connectivity index (χ2v) is 31.9. The fourth-order valence-corrected chi connectivity index (χ4v) is 15.3. The third-order valence-corrected chi connectivity index (χ3v) is 21.7. The molecule has 8 rings (SSSR count). The van der Waals surface area contributed by atoms with Crippen LogP contribution in [0.2, 0.25) is 0 Å². The molecule has 8 aliphatic rings. The molecule has 0 aromatic rings. The molecule has 0 aliphatic carbocycles. The van der Waals surface area contributed by atoms with Crippen LogP contribution in [-0.2, 0) is 129 Å². The van der Waals surface area contributed by atoms with E-state index in [0.717, 1.165) is 34.6 Å². The summed E-state index contributed by atoms with van der Waals surface area (Å²) in [5.74, 6) is -5.06. The van der Waals surface area contributed by atoms with Gasteiger partial charge in [0.1, 0.15) is 213 Å². The monoisotopic (exact) mass is 1840 g/mol. The lowest BCUT2D eigenvalue weighted by Gasteiger charge is -2.51. The van der Waals surface area contributed by atoms with Crippen LogP contribution in [-0.4, -0.2) is 509 Å². The second kappa shape index (κ2) is 45.4. The van der Waals surface area contributed by atoms with E-state index < -0.39 is 386 Å². The molecule has 57 nitrogen and oxygen atoms in total. The SMILES string of the molecule is CC(=O)N[C@H]1[C@H](OC[C@@H](O)[C@H](O)[C@H](O[C@@H]2O[C@H](CO)[C@@H](O)[C@H](O[C@@H]3O[C@H](CO[C@@H]4O[C@H](CO)[C@@H](O)[C@H](O[C@@H]5O[C@H](CO)[C@H](O)[C@H](O)[C@H]5O)[C@H]4NC(C)=O)[C@H](O)[C@H](O[C@@H]4O[C@H](CO)[C@@H](O[C@@H]5O[C@H](COS(=O)(=O)O)[C@H](O)[C@H](O)[C@H]5O)[C@H](O)[C@H]4NC(C)=O)[C@H]3O)[C@H]2NC(C)=O)[C@H](CO)NC(C)=O)O[C@H](CO)[C@@H](O[C@@H]2O[C@H](COS(=O)(=O)O)[C@H](O)[C@H](O)[C@H]2O)[C@@H]1O. The van der Waals surface area contributed by atoms with Crippen LogP contribution in [0.15, 0.2) is 0 Å². The number of aliphatic hydroxyl groups is 23. The summed E-state index contributed by atoms with van der Waals surface area (Å²) in [6, 6.07) is -9.98. The molecule has 0 aromatic heterocycles.